The van der Waals surface area contributed by atoms with Gasteiger partial charge in [0.2, 0.25) is 10.0 Å². The Morgan fingerprint density at radius 1 is 1.17 bits per heavy atom. The number of aryl methyl sites for hydroxylation is 1. The summed E-state index contributed by atoms with van der Waals surface area (Å²) < 4.78 is 33.6. The fourth-order valence-corrected chi connectivity index (χ4v) is 3.52. The highest BCUT2D eigenvalue weighted by atomic mass is 35.5. The number of benzene rings is 2. The van der Waals surface area contributed by atoms with E-state index in [4.69, 9.17) is 16.0 Å². The Labute approximate surface area is 143 Å². The zero-order chi connectivity index (χ0) is 17.3. The summed E-state index contributed by atoms with van der Waals surface area (Å²) in [4.78, 5) is 11.5. The molecule has 8 heteroatoms. The number of hydrogen-bond donors (Lipinski definition) is 1. The molecule has 0 radical (unpaired) electrons. The van der Waals surface area contributed by atoms with Crippen LogP contribution in [0.1, 0.15) is 5.56 Å². The molecule has 0 amide bonds. The third kappa shape index (κ3) is 3.38. The third-order valence-corrected chi connectivity index (χ3v) is 5.40. The van der Waals surface area contributed by atoms with E-state index >= 15 is 0 Å². The smallest absolute Gasteiger partial charge is 0.408 e. The van der Waals surface area contributed by atoms with Crippen LogP contribution in [-0.2, 0) is 23.5 Å². The maximum absolute atomic E-state index is 12.4. The van der Waals surface area contributed by atoms with E-state index in [9.17, 15) is 13.2 Å². The molecule has 0 fully saturated rings. The minimum absolute atomic E-state index is 0.0560. The van der Waals surface area contributed by atoms with Crippen LogP contribution in [0.4, 0.5) is 0 Å². The fraction of sp³-hybridized carbons (Fsp3) is 0.188. The summed E-state index contributed by atoms with van der Waals surface area (Å²) >= 11 is 5.81. The Morgan fingerprint density at radius 2 is 1.88 bits per heavy atom. The average Bonchev–Trinajstić information content (AvgIpc) is 2.83. The second-order valence-corrected chi connectivity index (χ2v) is 7.53. The van der Waals surface area contributed by atoms with Crippen LogP contribution in [-0.4, -0.2) is 19.5 Å². The molecule has 0 aliphatic rings. The molecule has 6 nitrogen and oxygen atoms in total. The van der Waals surface area contributed by atoms with Crippen LogP contribution >= 0.6 is 11.6 Å². The van der Waals surface area contributed by atoms with Crippen LogP contribution in [0.2, 0.25) is 5.02 Å². The normalized spacial score (nSPS) is 11.9. The van der Waals surface area contributed by atoms with Crippen molar-refractivity contribution < 1.29 is 12.8 Å². The first-order valence-electron chi connectivity index (χ1n) is 7.20. The molecule has 0 aliphatic carbocycles. The van der Waals surface area contributed by atoms with Crippen molar-refractivity contribution in [1.82, 2.24) is 9.29 Å². The number of nitrogens with zero attached hydrogens (tertiary/aromatic N) is 1. The topological polar surface area (TPSA) is 81.3 Å². The van der Waals surface area contributed by atoms with Crippen molar-refractivity contribution in [3.8, 4) is 0 Å². The van der Waals surface area contributed by atoms with E-state index in [1.165, 1.54) is 16.7 Å². The van der Waals surface area contributed by atoms with Crippen molar-refractivity contribution in [3.05, 3.63) is 63.6 Å². The molecule has 3 rings (SSSR count). The minimum atomic E-state index is -3.68. The lowest BCUT2D eigenvalue weighted by molar-refractivity contribution is 0.527. The molecule has 0 spiro atoms. The monoisotopic (exact) mass is 366 g/mol. The van der Waals surface area contributed by atoms with Gasteiger partial charge in [-0.1, -0.05) is 23.7 Å². The van der Waals surface area contributed by atoms with Crippen LogP contribution in [0, 0.1) is 0 Å². The van der Waals surface area contributed by atoms with Gasteiger partial charge in [0.15, 0.2) is 5.58 Å². The molecule has 1 aromatic heterocycles. The standard InChI is InChI=1S/C16H15ClN2O4S/c1-19-14-7-6-13(10-15(14)23-16(19)20)24(21,22)18-9-8-11-2-4-12(17)5-3-11/h2-7,10,18H,8-9H2,1H3. The van der Waals surface area contributed by atoms with Crippen molar-refractivity contribution in [3.63, 3.8) is 0 Å². The van der Waals surface area contributed by atoms with Gasteiger partial charge in [-0.25, -0.2) is 17.9 Å². The summed E-state index contributed by atoms with van der Waals surface area (Å²) in [5.74, 6) is -0.532. The first-order chi connectivity index (χ1) is 11.4. The molecular formula is C16H15ClN2O4S. The number of nitrogens with one attached hydrogen (secondary N) is 1. The minimum Gasteiger partial charge on any atom is -0.408 e. The van der Waals surface area contributed by atoms with Gasteiger partial charge >= 0.3 is 5.76 Å². The molecule has 2 aromatic carbocycles. The van der Waals surface area contributed by atoms with Crippen molar-refractivity contribution >= 4 is 32.7 Å². The van der Waals surface area contributed by atoms with E-state index in [-0.39, 0.29) is 17.0 Å². The molecule has 1 N–H and O–H groups in total. The number of fused-ring (bicyclic) bond motifs is 1. The highest BCUT2D eigenvalue weighted by Gasteiger charge is 2.16. The van der Waals surface area contributed by atoms with Gasteiger partial charge in [0.25, 0.3) is 0 Å². The zero-order valence-corrected chi connectivity index (χ0v) is 14.4. The van der Waals surface area contributed by atoms with Gasteiger partial charge in [-0.05, 0) is 36.2 Å². The van der Waals surface area contributed by atoms with Crippen molar-refractivity contribution in [1.29, 1.82) is 0 Å². The van der Waals surface area contributed by atoms with E-state index in [1.54, 1.807) is 25.2 Å². The van der Waals surface area contributed by atoms with E-state index in [1.807, 2.05) is 12.1 Å². The number of halogens is 1. The van der Waals surface area contributed by atoms with Gasteiger partial charge in [-0.3, -0.25) is 4.57 Å². The van der Waals surface area contributed by atoms with Gasteiger partial charge in [0.05, 0.1) is 10.4 Å². The first kappa shape index (κ1) is 16.8. The Morgan fingerprint density at radius 3 is 2.58 bits per heavy atom. The van der Waals surface area contributed by atoms with Crippen LogP contribution in [0.25, 0.3) is 11.1 Å². The molecule has 1 heterocycles. The van der Waals surface area contributed by atoms with Gasteiger partial charge in [0, 0.05) is 24.7 Å². The molecule has 0 bridgehead atoms. The molecular weight excluding hydrogens is 352 g/mol. The zero-order valence-electron chi connectivity index (χ0n) is 12.8. The van der Waals surface area contributed by atoms with Crippen LogP contribution in [0.3, 0.4) is 0 Å². The average molecular weight is 367 g/mol. The van der Waals surface area contributed by atoms with Gasteiger partial charge in [0.1, 0.15) is 0 Å². The fourth-order valence-electron chi connectivity index (χ4n) is 2.35. The van der Waals surface area contributed by atoms with Crippen LogP contribution < -0.4 is 10.5 Å². The maximum Gasteiger partial charge on any atom is 0.419 e. The molecule has 0 unspecified atom stereocenters. The molecule has 0 saturated heterocycles. The molecule has 24 heavy (non-hydrogen) atoms. The van der Waals surface area contributed by atoms with Crippen LogP contribution in [0.5, 0.6) is 0 Å². The van der Waals surface area contributed by atoms with E-state index in [2.05, 4.69) is 4.72 Å². The summed E-state index contributed by atoms with van der Waals surface area (Å²) in [6, 6.07) is 11.6. The summed E-state index contributed by atoms with van der Waals surface area (Å²) in [5, 5.41) is 0.636. The quantitative estimate of drug-likeness (QED) is 0.751. The SMILES string of the molecule is Cn1c(=O)oc2cc(S(=O)(=O)NCCc3ccc(Cl)cc3)ccc21. The summed E-state index contributed by atoms with van der Waals surface area (Å²) in [7, 11) is -2.12. The summed E-state index contributed by atoms with van der Waals surface area (Å²) in [6.07, 6.45) is 0.541. The third-order valence-electron chi connectivity index (χ3n) is 3.69. The van der Waals surface area contributed by atoms with Crippen molar-refractivity contribution in [2.75, 3.05) is 6.54 Å². The summed E-state index contributed by atoms with van der Waals surface area (Å²) in [5.41, 5.74) is 1.76. The lowest BCUT2D eigenvalue weighted by Crippen LogP contribution is -2.26. The Balaban J connectivity index is 1.75. The largest absolute Gasteiger partial charge is 0.419 e. The van der Waals surface area contributed by atoms with Crippen LogP contribution in [0.15, 0.2) is 56.6 Å². The number of sulfonamides is 1. The van der Waals surface area contributed by atoms with E-state index in [0.29, 0.717) is 17.0 Å². The number of rotatable bonds is 5. The molecule has 0 atom stereocenters. The highest BCUT2D eigenvalue weighted by Crippen LogP contribution is 2.18. The lowest BCUT2D eigenvalue weighted by atomic mass is 10.2. The van der Waals surface area contributed by atoms with Gasteiger partial charge in [-0.2, -0.15) is 0 Å². The van der Waals surface area contributed by atoms with Crippen molar-refractivity contribution in [2.45, 2.75) is 11.3 Å². The lowest BCUT2D eigenvalue weighted by Gasteiger charge is -2.07. The van der Waals surface area contributed by atoms with Gasteiger partial charge in [-0.15, -0.1) is 0 Å². The maximum atomic E-state index is 12.4. The molecule has 3 aromatic rings. The Bertz CT molecular complexity index is 1040. The summed E-state index contributed by atoms with van der Waals surface area (Å²) in [6.45, 7) is 0.251. The number of hydrogen-bond acceptors (Lipinski definition) is 4. The first-order valence-corrected chi connectivity index (χ1v) is 9.06. The second kappa shape index (κ2) is 6.43. The van der Waals surface area contributed by atoms with Crippen molar-refractivity contribution in [2.24, 2.45) is 7.05 Å². The number of aromatic nitrogens is 1. The molecule has 126 valence electrons. The highest BCUT2D eigenvalue weighted by molar-refractivity contribution is 7.89. The molecule has 0 aliphatic heterocycles. The molecule has 0 saturated carbocycles. The predicted octanol–water partition coefficient (Wildman–Crippen LogP) is 2.31. The predicted molar refractivity (Wildman–Crippen MR) is 91.8 cm³/mol. The van der Waals surface area contributed by atoms with Gasteiger partial charge < -0.3 is 4.42 Å². The second-order valence-electron chi connectivity index (χ2n) is 5.33. The number of oxazole rings is 1. The van der Waals surface area contributed by atoms with E-state index in [0.717, 1.165) is 5.56 Å². The van der Waals surface area contributed by atoms with E-state index < -0.39 is 15.8 Å². The Hall–Kier alpha value is -2.09. The Kier molecular flexibility index (Phi) is 4.49.